The quantitative estimate of drug-likeness (QED) is 0.653. The number of carbonyl (C=O) groups excluding carboxylic acids is 1. The normalized spacial score (nSPS) is 15.1. The summed E-state index contributed by atoms with van der Waals surface area (Å²) < 4.78 is 10.3. The van der Waals surface area contributed by atoms with Crippen molar-refractivity contribution in [3.8, 4) is 0 Å². The summed E-state index contributed by atoms with van der Waals surface area (Å²) in [5, 5.41) is 0. The average molecular weight is 217 g/mol. The predicted molar refractivity (Wildman–Crippen MR) is 59.5 cm³/mol. The number of hydrogen-bond donors (Lipinski definition) is 1. The second kappa shape index (κ2) is 7.65. The van der Waals surface area contributed by atoms with Gasteiger partial charge in [0.15, 0.2) is 0 Å². The number of nitrogens with two attached hydrogens (primary N) is 1. The van der Waals surface area contributed by atoms with Crippen molar-refractivity contribution in [3.05, 3.63) is 0 Å². The molecular formula is C11H23NO3. The van der Waals surface area contributed by atoms with Gasteiger partial charge in [0.1, 0.15) is 6.10 Å². The van der Waals surface area contributed by atoms with Crippen LogP contribution < -0.4 is 5.73 Å². The van der Waals surface area contributed by atoms with Crippen molar-refractivity contribution in [2.45, 2.75) is 46.3 Å². The van der Waals surface area contributed by atoms with E-state index in [4.69, 9.17) is 15.2 Å². The van der Waals surface area contributed by atoms with Crippen molar-refractivity contribution >= 4 is 5.97 Å². The van der Waals surface area contributed by atoms with E-state index in [2.05, 4.69) is 0 Å². The summed E-state index contributed by atoms with van der Waals surface area (Å²) in [7, 11) is 0. The van der Waals surface area contributed by atoms with E-state index in [9.17, 15) is 4.79 Å². The summed E-state index contributed by atoms with van der Waals surface area (Å²) in [6.07, 6.45) is 0.0746. The van der Waals surface area contributed by atoms with Crippen LogP contribution in [-0.2, 0) is 14.3 Å². The third kappa shape index (κ3) is 7.33. The van der Waals surface area contributed by atoms with Gasteiger partial charge in [0.05, 0.1) is 13.0 Å². The zero-order valence-electron chi connectivity index (χ0n) is 10.2. The molecule has 0 aliphatic carbocycles. The number of hydrogen-bond acceptors (Lipinski definition) is 4. The van der Waals surface area contributed by atoms with Crippen LogP contribution in [0.4, 0.5) is 0 Å². The standard InChI is InChI=1S/C11H23NO3/c1-5-14-7-9(4)15-11(13)6-10(12)8(2)3/h8-10H,5-7,12H2,1-4H3. The number of carbonyl (C=O) groups is 1. The van der Waals surface area contributed by atoms with Gasteiger partial charge in [-0.25, -0.2) is 0 Å². The fourth-order valence-electron chi connectivity index (χ4n) is 1.02. The summed E-state index contributed by atoms with van der Waals surface area (Å²) in [6, 6.07) is -0.128. The highest BCUT2D eigenvalue weighted by molar-refractivity contribution is 5.70. The minimum Gasteiger partial charge on any atom is -0.460 e. The third-order valence-corrected chi connectivity index (χ3v) is 2.15. The highest BCUT2D eigenvalue weighted by Gasteiger charge is 2.16. The van der Waals surface area contributed by atoms with Gasteiger partial charge in [-0.2, -0.15) is 0 Å². The molecule has 4 heteroatoms. The molecule has 90 valence electrons. The Balaban J connectivity index is 3.73. The van der Waals surface area contributed by atoms with Crippen molar-refractivity contribution in [2.24, 2.45) is 11.7 Å². The first kappa shape index (κ1) is 14.4. The summed E-state index contributed by atoms with van der Waals surface area (Å²) in [5.74, 6) is 0.0446. The molecule has 15 heavy (non-hydrogen) atoms. The number of esters is 1. The molecule has 4 nitrogen and oxygen atoms in total. The van der Waals surface area contributed by atoms with Crippen LogP contribution in [0.5, 0.6) is 0 Å². The van der Waals surface area contributed by atoms with Crippen LogP contribution in [0.15, 0.2) is 0 Å². The molecule has 0 aromatic rings. The second-order valence-corrected chi connectivity index (χ2v) is 4.07. The maximum Gasteiger partial charge on any atom is 0.307 e. The second-order valence-electron chi connectivity index (χ2n) is 4.07. The Bertz CT molecular complexity index is 183. The van der Waals surface area contributed by atoms with Gasteiger partial charge in [0.2, 0.25) is 0 Å². The van der Waals surface area contributed by atoms with Gasteiger partial charge >= 0.3 is 5.97 Å². The molecule has 2 atom stereocenters. The van der Waals surface area contributed by atoms with Gasteiger partial charge in [-0.05, 0) is 19.8 Å². The van der Waals surface area contributed by atoms with Gasteiger partial charge in [0.25, 0.3) is 0 Å². The molecule has 0 amide bonds. The van der Waals surface area contributed by atoms with Crippen molar-refractivity contribution in [1.29, 1.82) is 0 Å². The molecule has 0 aromatic carbocycles. The molecular weight excluding hydrogens is 194 g/mol. The van der Waals surface area contributed by atoms with E-state index < -0.39 is 0 Å². The van der Waals surface area contributed by atoms with Crippen molar-refractivity contribution < 1.29 is 14.3 Å². The molecule has 2 unspecified atom stereocenters. The molecule has 0 saturated heterocycles. The van der Waals surface area contributed by atoms with E-state index in [1.54, 1.807) is 0 Å². The predicted octanol–water partition coefficient (Wildman–Crippen LogP) is 1.33. The van der Waals surface area contributed by atoms with Gasteiger partial charge in [-0.1, -0.05) is 13.8 Å². The highest BCUT2D eigenvalue weighted by Crippen LogP contribution is 2.05. The Hall–Kier alpha value is -0.610. The minimum atomic E-state index is -0.247. The smallest absolute Gasteiger partial charge is 0.307 e. The van der Waals surface area contributed by atoms with Gasteiger partial charge in [0, 0.05) is 12.6 Å². The Morgan fingerprint density at radius 2 is 1.93 bits per heavy atom. The molecule has 0 aromatic heterocycles. The van der Waals surface area contributed by atoms with Crippen LogP contribution in [0.2, 0.25) is 0 Å². The summed E-state index contributed by atoms with van der Waals surface area (Å²) >= 11 is 0. The molecule has 0 bridgehead atoms. The topological polar surface area (TPSA) is 61.5 Å². The largest absolute Gasteiger partial charge is 0.460 e. The van der Waals surface area contributed by atoms with Crippen LogP contribution in [0.1, 0.15) is 34.1 Å². The van der Waals surface area contributed by atoms with Crippen LogP contribution in [-0.4, -0.2) is 31.3 Å². The molecule has 0 radical (unpaired) electrons. The SMILES string of the molecule is CCOCC(C)OC(=O)CC(N)C(C)C. The van der Waals surface area contributed by atoms with Crippen LogP contribution in [0.3, 0.4) is 0 Å². The Morgan fingerprint density at radius 1 is 1.33 bits per heavy atom. The first-order valence-electron chi connectivity index (χ1n) is 5.50. The molecule has 0 heterocycles. The lowest BCUT2D eigenvalue weighted by molar-refractivity contribution is -0.151. The fourth-order valence-corrected chi connectivity index (χ4v) is 1.02. The van der Waals surface area contributed by atoms with E-state index in [1.807, 2.05) is 27.7 Å². The molecule has 2 N–H and O–H groups in total. The van der Waals surface area contributed by atoms with Gasteiger partial charge in [-0.15, -0.1) is 0 Å². The lowest BCUT2D eigenvalue weighted by Gasteiger charge is -2.17. The summed E-state index contributed by atoms with van der Waals surface area (Å²) in [4.78, 5) is 11.4. The molecule has 0 aliphatic rings. The Labute approximate surface area is 92.1 Å². The molecule has 0 spiro atoms. The van der Waals surface area contributed by atoms with E-state index in [0.29, 0.717) is 19.1 Å². The first-order valence-corrected chi connectivity index (χ1v) is 5.50. The molecule has 0 saturated carbocycles. The van der Waals surface area contributed by atoms with Crippen LogP contribution in [0.25, 0.3) is 0 Å². The minimum absolute atomic E-state index is 0.128. The molecule has 0 fully saturated rings. The fraction of sp³-hybridized carbons (Fsp3) is 0.909. The van der Waals surface area contributed by atoms with Crippen LogP contribution >= 0.6 is 0 Å². The molecule has 0 rings (SSSR count). The monoisotopic (exact) mass is 217 g/mol. The molecule has 0 aliphatic heterocycles. The van der Waals surface area contributed by atoms with Crippen molar-refractivity contribution in [3.63, 3.8) is 0 Å². The number of ether oxygens (including phenoxy) is 2. The average Bonchev–Trinajstić information content (AvgIpc) is 2.14. The third-order valence-electron chi connectivity index (χ3n) is 2.15. The number of rotatable bonds is 7. The van der Waals surface area contributed by atoms with E-state index in [1.165, 1.54) is 0 Å². The lowest BCUT2D eigenvalue weighted by atomic mass is 10.0. The highest BCUT2D eigenvalue weighted by atomic mass is 16.6. The summed E-state index contributed by atoms with van der Waals surface area (Å²) in [5.41, 5.74) is 5.76. The van der Waals surface area contributed by atoms with Crippen molar-refractivity contribution in [1.82, 2.24) is 0 Å². The maximum atomic E-state index is 11.4. The zero-order valence-corrected chi connectivity index (χ0v) is 10.2. The van der Waals surface area contributed by atoms with Gasteiger partial charge < -0.3 is 15.2 Å². The van der Waals surface area contributed by atoms with Gasteiger partial charge in [-0.3, -0.25) is 4.79 Å². The Kier molecular flexibility index (Phi) is 7.34. The van der Waals surface area contributed by atoms with Crippen molar-refractivity contribution in [2.75, 3.05) is 13.2 Å². The first-order chi connectivity index (χ1) is 6.97. The Morgan fingerprint density at radius 3 is 2.40 bits per heavy atom. The maximum absolute atomic E-state index is 11.4. The van der Waals surface area contributed by atoms with E-state index in [-0.39, 0.29) is 24.5 Å². The lowest BCUT2D eigenvalue weighted by Crippen LogP contribution is -2.31. The van der Waals surface area contributed by atoms with E-state index >= 15 is 0 Å². The van der Waals surface area contributed by atoms with E-state index in [0.717, 1.165) is 0 Å². The zero-order chi connectivity index (χ0) is 11.8. The van der Waals surface area contributed by atoms with Crippen LogP contribution in [0, 0.1) is 5.92 Å². The summed E-state index contributed by atoms with van der Waals surface area (Å²) in [6.45, 7) is 8.77.